The van der Waals surface area contributed by atoms with Gasteiger partial charge in [-0.05, 0) is 55.2 Å². The summed E-state index contributed by atoms with van der Waals surface area (Å²) < 4.78 is 0. The minimum absolute atomic E-state index is 0.0236. The maximum absolute atomic E-state index is 12.1. The largest absolute Gasteiger partial charge is 0.352 e. The van der Waals surface area contributed by atoms with Crippen molar-refractivity contribution in [2.45, 2.75) is 19.8 Å². The molecule has 0 spiro atoms. The van der Waals surface area contributed by atoms with E-state index in [-0.39, 0.29) is 5.91 Å². The average Bonchev–Trinajstić information content (AvgIpc) is 2.51. The van der Waals surface area contributed by atoms with Crippen molar-refractivity contribution in [3.8, 4) is 0 Å². The number of rotatable bonds is 1. The Balaban J connectivity index is 2.10. The molecule has 0 saturated carbocycles. The first kappa shape index (κ1) is 14.8. The van der Waals surface area contributed by atoms with Crippen molar-refractivity contribution in [3.05, 3.63) is 64.2 Å². The van der Waals surface area contributed by atoms with E-state index < -0.39 is 0 Å². The molecule has 1 amide bonds. The zero-order chi connectivity index (χ0) is 15.5. The van der Waals surface area contributed by atoms with E-state index in [1.807, 2.05) is 49.4 Å². The highest BCUT2D eigenvalue weighted by atomic mass is 35.5. The van der Waals surface area contributed by atoms with Gasteiger partial charge in [-0.25, -0.2) is 0 Å². The molecule has 0 aliphatic carbocycles. The first-order chi connectivity index (χ1) is 10.6. The average molecular weight is 313 g/mol. The van der Waals surface area contributed by atoms with Crippen molar-refractivity contribution in [1.82, 2.24) is 5.32 Å². The monoisotopic (exact) mass is 312 g/mol. The van der Waals surface area contributed by atoms with E-state index in [0.717, 1.165) is 40.4 Å². The van der Waals surface area contributed by atoms with Crippen LogP contribution < -0.4 is 5.32 Å². The van der Waals surface area contributed by atoms with Crippen LogP contribution in [0.1, 0.15) is 34.3 Å². The van der Waals surface area contributed by atoms with Crippen LogP contribution in [0.15, 0.2) is 47.5 Å². The molecule has 22 heavy (non-hydrogen) atoms. The molecule has 4 heteroatoms. The van der Waals surface area contributed by atoms with E-state index in [2.05, 4.69) is 5.32 Å². The third-order valence-electron chi connectivity index (χ3n) is 3.86. The van der Waals surface area contributed by atoms with Crippen LogP contribution in [0.25, 0.3) is 0 Å². The highest BCUT2D eigenvalue weighted by Crippen LogP contribution is 2.25. The summed E-state index contributed by atoms with van der Waals surface area (Å²) in [7, 11) is 0. The van der Waals surface area contributed by atoms with Gasteiger partial charge in [0.1, 0.15) is 0 Å². The Bertz CT molecular complexity index is 735. The fourth-order valence-corrected chi connectivity index (χ4v) is 2.72. The third kappa shape index (κ3) is 3.04. The minimum atomic E-state index is -0.0236. The Morgan fingerprint density at radius 3 is 2.68 bits per heavy atom. The van der Waals surface area contributed by atoms with Crippen molar-refractivity contribution in [1.29, 1.82) is 0 Å². The summed E-state index contributed by atoms with van der Waals surface area (Å²) in [5.74, 6) is -0.0236. The second kappa shape index (κ2) is 6.32. The van der Waals surface area contributed by atoms with Crippen LogP contribution in [0.3, 0.4) is 0 Å². The second-order valence-electron chi connectivity index (χ2n) is 5.37. The van der Waals surface area contributed by atoms with Crippen LogP contribution in [0, 0.1) is 6.92 Å². The predicted octanol–water partition coefficient (Wildman–Crippen LogP) is 4.29. The molecule has 2 aromatic rings. The van der Waals surface area contributed by atoms with Gasteiger partial charge in [0.05, 0.1) is 5.69 Å². The quantitative estimate of drug-likeness (QED) is 0.838. The molecule has 3 nitrogen and oxygen atoms in total. The molecule has 2 aromatic carbocycles. The van der Waals surface area contributed by atoms with Gasteiger partial charge >= 0.3 is 0 Å². The topological polar surface area (TPSA) is 41.5 Å². The second-order valence-corrected chi connectivity index (χ2v) is 5.81. The first-order valence-corrected chi connectivity index (χ1v) is 7.74. The van der Waals surface area contributed by atoms with Crippen LogP contribution in [0.2, 0.25) is 5.02 Å². The van der Waals surface area contributed by atoms with Crippen LogP contribution in [0.4, 0.5) is 5.69 Å². The highest BCUT2D eigenvalue weighted by molar-refractivity contribution is 6.30. The molecule has 2 bridgehead atoms. The molecule has 112 valence electrons. The first-order valence-electron chi connectivity index (χ1n) is 7.36. The van der Waals surface area contributed by atoms with E-state index in [1.54, 1.807) is 0 Å². The van der Waals surface area contributed by atoms with Crippen molar-refractivity contribution >= 4 is 28.9 Å². The molecule has 1 N–H and O–H groups in total. The van der Waals surface area contributed by atoms with Crippen molar-refractivity contribution in [3.63, 3.8) is 0 Å². The van der Waals surface area contributed by atoms with E-state index >= 15 is 0 Å². The molecular weight excluding hydrogens is 296 g/mol. The lowest BCUT2D eigenvalue weighted by molar-refractivity contribution is 0.0952. The Hall–Kier alpha value is -2.13. The molecule has 0 aromatic heterocycles. The SMILES string of the molecule is Cc1c2cccc1C(=O)NCCCC(c1ccc(Cl)cc1)=N2. The maximum Gasteiger partial charge on any atom is 0.251 e. The van der Waals surface area contributed by atoms with Crippen molar-refractivity contribution < 1.29 is 4.79 Å². The van der Waals surface area contributed by atoms with Gasteiger partial charge in [0.2, 0.25) is 0 Å². The number of carbonyl (C=O) groups is 1. The van der Waals surface area contributed by atoms with E-state index in [0.29, 0.717) is 12.1 Å². The van der Waals surface area contributed by atoms with Gasteiger partial charge in [-0.2, -0.15) is 0 Å². The Morgan fingerprint density at radius 1 is 1.14 bits per heavy atom. The molecule has 0 radical (unpaired) electrons. The fraction of sp³-hybridized carbons (Fsp3) is 0.222. The Labute approximate surface area is 135 Å². The van der Waals surface area contributed by atoms with Gasteiger partial charge in [0, 0.05) is 22.8 Å². The number of hydrogen-bond donors (Lipinski definition) is 1. The molecule has 0 saturated heterocycles. The lowest BCUT2D eigenvalue weighted by Gasteiger charge is -2.14. The summed E-state index contributed by atoms with van der Waals surface area (Å²) in [6, 6.07) is 13.4. The lowest BCUT2D eigenvalue weighted by Crippen LogP contribution is -2.26. The summed E-state index contributed by atoms with van der Waals surface area (Å²) in [6.45, 7) is 2.59. The summed E-state index contributed by atoms with van der Waals surface area (Å²) >= 11 is 5.96. The number of nitrogens with one attached hydrogen (secondary N) is 1. The molecule has 0 atom stereocenters. The third-order valence-corrected chi connectivity index (χ3v) is 4.11. The molecule has 1 heterocycles. The van der Waals surface area contributed by atoms with Gasteiger partial charge in [0.25, 0.3) is 5.91 Å². The summed E-state index contributed by atoms with van der Waals surface area (Å²) in [5, 5.41) is 3.69. The number of benzene rings is 2. The van der Waals surface area contributed by atoms with Crippen molar-refractivity contribution in [2.75, 3.05) is 6.54 Å². The van der Waals surface area contributed by atoms with Crippen LogP contribution in [0.5, 0.6) is 0 Å². The summed E-state index contributed by atoms with van der Waals surface area (Å²) in [5.41, 5.74) is 4.54. The van der Waals surface area contributed by atoms with E-state index in [1.165, 1.54) is 0 Å². The number of halogens is 1. The molecule has 0 fully saturated rings. The predicted molar refractivity (Wildman–Crippen MR) is 90.4 cm³/mol. The lowest BCUT2D eigenvalue weighted by atomic mass is 10.0. The van der Waals surface area contributed by atoms with E-state index in [9.17, 15) is 4.79 Å². The molecule has 0 unspecified atom stereocenters. The van der Waals surface area contributed by atoms with Gasteiger partial charge in [-0.3, -0.25) is 9.79 Å². The van der Waals surface area contributed by atoms with E-state index in [4.69, 9.17) is 16.6 Å². The van der Waals surface area contributed by atoms with Gasteiger partial charge in [0.15, 0.2) is 0 Å². The Kier molecular flexibility index (Phi) is 4.25. The number of nitrogens with zero attached hydrogens (tertiary/aromatic N) is 1. The standard InChI is InChI=1S/C18H17ClN2O/c1-12-15-4-2-5-16(12)21-17(6-3-11-20-18(15)22)13-7-9-14(19)10-8-13/h2,4-5,7-10H,3,6,11H2,1H3,(H,20,22). The van der Waals surface area contributed by atoms with Gasteiger partial charge in [-0.15, -0.1) is 0 Å². The number of aliphatic imine (C=N–C) groups is 1. The zero-order valence-corrected chi connectivity index (χ0v) is 13.2. The van der Waals surface area contributed by atoms with Gasteiger partial charge in [-0.1, -0.05) is 29.8 Å². The van der Waals surface area contributed by atoms with Crippen molar-refractivity contribution in [2.24, 2.45) is 4.99 Å². The number of fused-ring (bicyclic) bond motifs is 2. The van der Waals surface area contributed by atoms with Gasteiger partial charge < -0.3 is 5.32 Å². The summed E-state index contributed by atoms with van der Waals surface area (Å²) in [4.78, 5) is 16.9. The minimum Gasteiger partial charge on any atom is -0.352 e. The smallest absolute Gasteiger partial charge is 0.251 e. The summed E-state index contributed by atoms with van der Waals surface area (Å²) in [6.07, 6.45) is 1.67. The molecular formula is C18H17ClN2O. The van der Waals surface area contributed by atoms with Crippen LogP contribution >= 0.6 is 11.6 Å². The normalized spacial score (nSPS) is 15.0. The fourth-order valence-electron chi connectivity index (χ4n) is 2.60. The number of hydrogen-bond acceptors (Lipinski definition) is 2. The zero-order valence-electron chi connectivity index (χ0n) is 12.4. The molecule has 1 aliphatic rings. The number of carbonyl (C=O) groups excluding carboxylic acids is 1. The Morgan fingerprint density at radius 2 is 1.91 bits per heavy atom. The van der Waals surface area contributed by atoms with Crippen LogP contribution in [-0.2, 0) is 0 Å². The maximum atomic E-state index is 12.1. The molecule has 1 aliphatic heterocycles. The molecule has 3 rings (SSSR count). The number of amides is 1. The highest BCUT2D eigenvalue weighted by Gasteiger charge is 2.14. The van der Waals surface area contributed by atoms with Crippen LogP contribution in [-0.4, -0.2) is 18.2 Å².